The Hall–Kier alpha value is -2.40. The lowest BCUT2D eigenvalue weighted by molar-refractivity contribution is 0.0982. The van der Waals surface area contributed by atoms with Crippen molar-refractivity contribution in [3.8, 4) is 0 Å². The smallest absolute Gasteiger partial charge is 0.260 e. The third-order valence-corrected chi connectivity index (χ3v) is 2.80. The highest BCUT2D eigenvalue weighted by Crippen LogP contribution is 2.22. The number of hydrogen-bond acceptors (Lipinski definition) is 4. The summed E-state index contributed by atoms with van der Waals surface area (Å²) in [5.41, 5.74) is 6.48. The van der Waals surface area contributed by atoms with E-state index in [2.05, 4.69) is 10.3 Å². The first-order chi connectivity index (χ1) is 9.49. The average molecular weight is 290 g/mol. The number of nitrogens with two attached hydrogens (primary N) is 1. The summed E-state index contributed by atoms with van der Waals surface area (Å²) in [5.74, 6) is -0.875. The van der Waals surface area contributed by atoms with Crippen LogP contribution in [0, 0.1) is 0 Å². The van der Waals surface area contributed by atoms with Gasteiger partial charge in [-0.05, 0) is 18.2 Å². The summed E-state index contributed by atoms with van der Waals surface area (Å²) in [6.07, 6.45) is 0. The van der Waals surface area contributed by atoms with Crippen molar-refractivity contribution in [1.82, 2.24) is 4.98 Å². The second-order valence-corrected chi connectivity index (χ2v) is 4.52. The second kappa shape index (κ2) is 5.71. The maximum atomic E-state index is 12.2. The highest BCUT2D eigenvalue weighted by Gasteiger charge is 2.20. The normalized spacial score (nSPS) is 10.1. The monoisotopic (exact) mass is 289 g/mol. The van der Waals surface area contributed by atoms with Crippen molar-refractivity contribution in [1.29, 1.82) is 0 Å². The number of nitrogen functional groups attached to an aromatic ring is 1. The summed E-state index contributed by atoms with van der Waals surface area (Å²) in [6.45, 7) is 1.30. The van der Waals surface area contributed by atoms with Gasteiger partial charge in [-0.25, -0.2) is 4.98 Å². The van der Waals surface area contributed by atoms with Gasteiger partial charge in [0, 0.05) is 18.3 Å². The number of nitrogens with one attached hydrogen (secondary N) is 1. The Kier molecular flexibility index (Phi) is 4.00. The molecule has 0 bridgehead atoms. The summed E-state index contributed by atoms with van der Waals surface area (Å²) in [4.78, 5) is 27.7. The van der Waals surface area contributed by atoms with Gasteiger partial charge in [0.25, 0.3) is 5.91 Å². The van der Waals surface area contributed by atoms with E-state index in [4.69, 9.17) is 17.3 Å². The molecule has 3 N–H and O–H groups in total. The summed E-state index contributed by atoms with van der Waals surface area (Å²) in [7, 11) is 0. The van der Waals surface area contributed by atoms with Crippen molar-refractivity contribution in [2.75, 3.05) is 11.1 Å². The van der Waals surface area contributed by atoms with E-state index in [-0.39, 0.29) is 27.9 Å². The number of ketones is 1. The molecule has 0 aliphatic heterocycles. The molecule has 0 radical (unpaired) electrons. The largest absolute Gasteiger partial charge is 0.398 e. The number of hydrogen-bond donors (Lipinski definition) is 2. The third-order valence-electron chi connectivity index (χ3n) is 2.61. The van der Waals surface area contributed by atoms with Crippen LogP contribution in [-0.4, -0.2) is 16.7 Å². The van der Waals surface area contributed by atoms with Crippen molar-refractivity contribution in [3.05, 3.63) is 52.8 Å². The van der Waals surface area contributed by atoms with Crippen molar-refractivity contribution < 1.29 is 9.59 Å². The van der Waals surface area contributed by atoms with Gasteiger partial charge < -0.3 is 11.1 Å². The highest BCUT2D eigenvalue weighted by atomic mass is 35.5. The van der Waals surface area contributed by atoms with E-state index in [0.717, 1.165) is 0 Å². The molecular weight excluding hydrogens is 278 g/mol. The van der Waals surface area contributed by atoms with Crippen LogP contribution in [0.1, 0.15) is 27.8 Å². The fourth-order valence-electron chi connectivity index (χ4n) is 1.74. The molecule has 1 aromatic heterocycles. The molecule has 0 atom stereocenters. The molecule has 20 heavy (non-hydrogen) atoms. The quantitative estimate of drug-likeness (QED) is 0.672. The minimum absolute atomic E-state index is 0.0331. The molecule has 0 aliphatic carbocycles. The molecule has 1 aromatic carbocycles. The predicted molar refractivity (Wildman–Crippen MR) is 78.1 cm³/mol. The fraction of sp³-hybridized carbons (Fsp3) is 0.0714. The molecule has 0 fully saturated rings. The van der Waals surface area contributed by atoms with Gasteiger partial charge in [0.1, 0.15) is 10.8 Å². The number of aromatic nitrogens is 1. The van der Waals surface area contributed by atoms with Crippen LogP contribution in [0.15, 0.2) is 36.4 Å². The van der Waals surface area contributed by atoms with E-state index < -0.39 is 5.91 Å². The maximum absolute atomic E-state index is 12.2. The Bertz CT molecular complexity index is 672. The molecule has 102 valence electrons. The van der Waals surface area contributed by atoms with E-state index in [0.29, 0.717) is 5.69 Å². The SMILES string of the molecule is CC(=O)c1nc(Cl)cc(N)c1C(=O)Nc1ccccc1. The number of anilines is 2. The van der Waals surface area contributed by atoms with Gasteiger partial charge in [-0.1, -0.05) is 29.8 Å². The number of pyridine rings is 1. The van der Waals surface area contributed by atoms with Crippen molar-refractivity contribution in [3.63, 3.8) is 0 Å². The van der Waals surface area contributed by atoms with Gasteiger partial charge in [0.15, 0.2) is 5.78 Å². The van der Waals surface area contributed by atoms with Crippen LogP contribution in [-0.2, 0) is 0 Å². The molecule has 2 rings (SSSR count). The summed E-state index contributed by atoms with van der Waals surface area (Å²) in [5, 5.41) is 2.73. The Morgan fingerprint density at radius 3 is 2.50 bits per heavy atom. The lowest BCUT2D eigenvalue weighted by Crippen LogP contribution is -2.19. The van der Waals surface area contributed by atoms with Crippen LogP contribution < -0.4 is 11.1 Å². The minimum atomic E-state index is -0.497. The number of rotatable bonds is 3. The lowest BCUT2D eigenvalue weighted by atomic mass is 10.1. The standard InChI is InChI=1S/C14H12ClN3O2/c1-8(19)13-12(10(16)7-11(15)18-13)14(20)17-9-5-3-2-4-6-9/h2-7H,1H3,(H2,16,18)(H,17,20). The summed E-state index contributed by atoms with van der Waals surface area (Å²) < 4.78 is 0. The molecule has 0 spiro atoms. The van der Waals surface area contributed by atoms with Crippen LogP contribution in [0.4, 0.5) is 11.4 Å². The van der Waals surface area contributed by atoms with Gasteiger partial charge in [0.2, 0.25) is 0 Å². The average Bonchev–Trinajstić information content (AvgIpc) is 2.38. The summed E-state index contributed by atoms with van der Waals surface area (Å²) >= 11 is 5.76. The first kappa shape index (κ1) is 14.0. The molecule has 2 aromatic rings. The van der Waals surface area contributed by atoms with Crippen LogP contribution in [0.2, 0.25) is 5.15 Å². The molecule has 0 aliphatic rings. The maximum Gasteiger partial charge on any atom is 0.260 e. The molecule has 0 saturated carbocycles. The molecule has 1 heterocycles. The molecular formula is C14H12ClN3O2. The summed E-state index contributed by atoms with van der Waals surface area (Å²) in [6, 6.07) is 10.2. The predicted octanol–water partition coefficient (Wildman–Crippen LogP) is 2.77. The number of benzene rings is 1. The Morgan fingerprint density at radius 1 is 1.25 bits per heavy atom. The molecule has 5 nitrogen and oxygen atoms in total. The van der Waals surface area contributed by atoms with Gasteiger partial charge in [0.05, 0.1) is 5.56 Å². The zero-order valence-corrected chi connectivity index (χ0v) is 11.4. The van der Waals surface area contributed by atoms with Gasteiger partial charge >= 0.3 is 0 Å². The Labute approximate surface area is 120 Å². The number of carbonyl (C=O) groups is 2. The molecule has 0 saturated heterocycles. The third kappa shape index (κ3) is 2.95. The van der Waals surface area contributed by atoms with E-state index in [1.54, 1.807) is 24.3 Å². The zero-order chi connectivity index (χ0) is 14.7. The van der Waals surface area contributed by atoms with E-state index in [1.807, 2.05) is 6.07 Å². The van der Waals surface area contributed by atoms with Crippen LogP contribution in [0.5, 0.6) is 0 Å². The van der Waals surface area contributed by atoms with E-state index >= 15 is 0 Å². The number of carbonyl (C=O) groups excluding carboxylic acids is 2. The first-order valence-electron chi connectivity index (χ1n) is 5.82. The van der Waals surface area contributed by atoms with E-state index in [1.165, 1.54) is 13.0 Å². The molecule has 6 heteroatoms. The van der Waals surface area contributed by atoms with Crippen LogP contribution in [0.25, 0.3) is 0 Å². The van der Waals surface area contributed by atoms with Gasteiger partial charge in [-0.3, -0.25) is 9.59 Å². The number of halogens is 1. The van der Waals surface area contributed by atoms with Crippen molar-refractivity contribution in [2.45, 2.75) is 6.92 Å². The fourth-order valence-corrected chi connectivity index (χ4v) is 1.94. The number of Topliss-reactive ketones (excluding diaryl/α,β-unsaturated/α-hetero) is 1. The van der Waals surface area contributed by atoms with Crippen LogP contribution in [0.3, 0.4) is 0 Å². The molecule has 0 unspecified atom stereocenters. The second-order valence-electron chi connectivity index (χ2n) is 4.13. The first-order valence-corrected chi connectivity index (χ1v) is 6.20. The minimum Gasteiger partial charge on any atom is -0.398 e. The number of amides is 1. The zero-order valence-electron chi connectivity index (χ0n) is 10.7. The molecule has 1 amide bonds. The number of para-hydroxylation sites is 1. The topological polar surface area (TPSA) is 85.1 Å². The Morgan fingerprint density at radius 2 is 1.90 bits per heavy atom. The van der Waals surface area contributed by atoms with Gasteiger partial charge in [-0.15, -0.1) is 0 Å². The Balaban J connectivity index is 2.42. The van der Waals surface area contributed by atoms with E-state index in [9.17, 15) is 9.59 Å². The van der Waals surface area contributed by atoms with Gasteiger partial charge in [-0.2, -0.15) is 0 Å². The lowest BCUT2D eigenvalue weighted by Gasteiger charge is -2.10. The number of nitrogens with zero attached hydrogens (tertiary/aromatic N) is 1. The van der Waals surface area contributed by atoms with Crippen molar-refractivity contribution >= 4 is 34.7 Å². The highest BCUT2D eigenvalue weighted by molar-refractivity contribution is 6.30. The van der Waals surface area contributed by atoms with Crippen LogP contribution >= 0.6 is 11.6 Å². The van der Waals surface area contributed by atoms with Crippen molar-refractivity contribution in [2.24, 2.45) is 0 Å².